The van der Waals surface area contributed by atoms with E-state index in [1.165, 1.54) is 14.2 Å². The van der Waals surface area contributed by atoms with Gasteiger partial charge in [-0.3, -0.25) is 4.79 Å². The van der Waals surface area contributed by atoms with E-state index in [1.54, 1.807) is 17.0 Å². The number of carbonyl (C=O) groups excluding carboxylic acids is 1. The topological polar surface area (TPSA) is 74.0 Å². The molecule has 0 unspecified atom stereocenters. The van der Waals surface area contributed by atoms with Gasteiger partial charge < -0.3 is 24.8 Å². The van der Waals surface area contributed by atoms with Crippen molar-refractivity contribution in [1.29, 1.82) is 0 Å². The number of amides is 1. The Bertz CT molecular complexity index is 523. The molecule has 0 spiro atoms. The number of carbonyl (C=O) groups is 1. The minimum Gasteiger partial charge on any atom is -0.497 e. The van der Waals surface area contributed by atoms with Crippen molar-refractivity contribution in [3.8, 4) is 11.5 Å². The molecule has 1 aliphatic rings. The highest BCUT2D eigenvalue weighted by Gasteiger charge is 2.28. The maximum atomic E-state index is 12.7. The lowest BCUT2D eigenvalue weighted by molar-refractivity contribution is -0.0586. The Kier molecular flexibility index (Phi) is 4.57. The van der Waals surface area contributed by atoms with Crippen molar-refractivity contribution in [1.82, 2.24) is 4.90 Å². The smallest absolute Gasteiger partial charge is 0.256 e. The third kappa shape index (κ3) is 3.21. The fraction of sp³-hybridized carbons (Fsp3) is 0.533. The van der Waals surface area contributed by atoms with Crippen LogP contribution in [0.3, 0.4) is 0 Å². The predicted molar refractivity (Wildman–Crippen MR) is 79.9 cm³/mol. The molecule has 1 aromatic carbocycles. The molecule has 6 nitrogen and oxygen atoms in total. The molecule has 1 heterocycles. The van der Waals surface area contributed by atoms with Crippen molar-refractivity contribution in [2.24, 2.45) is 0 Å². The zero-order chi connectivity index (χ0) is 15.6. The van der Waals surface area contributed by atoms with E-state index in [9.17, 15) is 4.79 Å². The van der Waals surface area contributed by atoms with E-state index in [4.69, 9.17) is 19.9 Å². The van der Waals surface area contributed by atoms with Crippen molar-refractivity contribution < 1.29 is 19.0 Å². The van der Waals surface area contributed by atoms with Gasteiger partial charge in [0.2, 0.25) is 0 Å². The molecule has 2 N–H and O–H groups in total. The van der Waals surface area contributed by atoms with Crippen LogP contribution in [0.4, 0.5) is 5.69 Å². The van der Waals surface area contributed by atoms with Gasteiger partial charge in [-0.25, -0.2) is 0 Å². The summed E-state index contributed by atoms with van der Waals surface area (Å²) < 4.78 is 16.1. The Morgan fingerprint density at radius 3 is 2.38 bits per heavy atom. The van der Waals surface area contributed by atoms with Crippen LogP contribution in [0.1, 0.15) is 24.2 Å². The number of nitrogen functional groups attached to an aromatic ring is 1. The van der Waals surface area contributed by atoms with Gasteiger partial charge in [0.05, 0.1) is 37.7 Å². The average Bonchev–Trinajstić information content (AvgIpc) is 2.45. The lowest BCUT2D eigenvalue weighted by Crippen LogP contribution is -2.48. The summed E-state index contributed by atoms with van der Waals surface area (Å²) in [6, 6.07) is 3.31. The van der Waals surface area contributed by atoms with Gasteiger partial charge in [-0.15, -0.1) is 0 Å². The summed E-state index contributed by atoms with van der Waals surface area (Å²) in [6.07, 6.45) is 0.0119. The molecule has 1 fully saturated rings. The Hall–Kier alpha value is -1.95. The fourth-order valence-corrected chi connectivity index (χ4v) is 2.58. The van der Waals surface area contributed by atoms with E-state index in [2.05, 4.69) is 0 Å². The Balaban J connectivity index is 2.34. The summed E-state index contributed by atoms with van der Waals surface area (Å²) >= 11 is 0. The number of morpholine rings is 1. The molecule has 116 valence electrons. The third-order valence-electron chi connectivity index (χ3n) is 3.51. The van der Waals surface area contributed by atoms with Crippen molar-refractivity contribution >= 4 is 11.6 Å². The van der Waals surface area contributed by atoms with Crippen molar-refractivity contribution in [2.75, 3.05) is 33.0 Å². The number of hydrogen-bond acceptors (Lipinski definition) is 5. The fourth-order valence-electron chi connectivity index (χ4n) is 2.58. The first-order valence-corrected chi connectivity index (χ1v) is 6.92. The number of methoxy groups -OCH3 is 2. The highest BCUT2D eigenvalue weighted by atomic mass is 16.5. The quantitative estimate of drug-likeness (QED) is 0.856. The third-order valence-corrected chi connectivity index (χ3v) is 3.51. The van der Waals surface area contributed by atoms with Gasteiger partial charge in [0.25, 0.3) is 5.91 Å². The minimum atomic E-state index is -0.133. The van der Waals surface area contributed by atoms with Gasteiger partial charge in [0.1, 0.15) is 11.5 Å². The summed E-state index contributed by atoms with van der Waals surface area (Å²) in [6.45, 7) is 4.99. The second kappa shape index (κ2) is 6.22. The summed E-state index contributed by atoms with van der Waals surface area (Å²) in [7, 11) is 3.05. The van der Waals surface area contributed by atoms with Gasteiger partial charge in [0, 0.05) is 19.2 Å². The monoisotopic (exact) mass is 294 g/mol. The number of benzene rings is 1. The van der Waals surface area contributed by atoms with Crippen LogP contribution < -0.4 is 15.2 Å². The second-order valence-corrected chi connectivity index (χ2v) is 5.26. The first-order valence-electron chi connectivity index (χ1n) is 6.92. The van der Waals surface area contributed by atoms with Crippen LogP contribution in [0.25, 0.3) is 0 Å². The van der Waals surface area contributed by atoms with Crippen LogP contribution in [0, 0.1) is 0 Å². The van der Waals surface area contributed by atoms with Crippen LogP contribution in [0.2, 0.25) is 0 Å². The molecule has 2 rings (SSSR count). The zero-order valence-corrected chi connectivity index (χ0v) is 12.9. The van der Waals surface area contributed by atoms with Gasteiger partial charge in [0.15, 0.2) is 0 Å². The van der Waals surface area contributed by atoms with Gasteiger partial charge in [-0.1, -0.05) is 0 Å². The van der Waals surface area contributed by atoms with Crippen LogP contribution in [-0.4, -0.2) is 50.3 Å². The summed E-state index contributed by atoms with van der Waals surface area (Å²) in [5.41, 5.74) is 6.76. The van der Waals surface area contributed by atoms with E-state index < -0.39 is 0 Å². The highest BCUT2D eigenvalue weighted by molar-refractivity contribution is 6.01. The lowest BCUT2D eigenvalue weighted by atomic mass is 10.1. The molecule has 0 saturated carbocycles. The van der Waals surface area contributed by atoms with Gasteiger partial charge in [-0.2, -0.15) is 0 Å². The van der Waals surface area contributed by atoms with Crippen LogP contribution in [0.15, 0.2) is 12.1 Å². The Morgan fingerprint density at radius 2 is 1.86 bits per heavy atom. The SMILES string of the molecule is COc1cc(OC)c(N)c(C(=O)N2C[C@@H](C)O[C@@H](C)C2)c1. The number of nitrogens with zero attached hydrogens (tertiary/aromatic N) is 1. The summed E-state index contributed by atoms with van der Waals surface area (Å²) in [5, 5.41) is 0. The molecular formula is C15H22N2O4. The predicted octanol–water partition coefficient (Wildman–Crippen LogP) is 1.54. The summed E-state index contributed by atoms with van der Waals surface area (Å²) in [5.74, 6) is 0.845. The molecule has 6 heteroatoms. The van der Waals surface area contributed by atoms with Crippen LogP contribution in [-0.2, 0) is 4.74 Å². The molecule has 0 bridgehead atoms. The maximum Gasteiger partial charge on any atom is 0.256 e. The normalized spacial score (nSPS) is 22.0. The standard InChI is InChI=1S/C15H22N2O4/c1-9-7-17(8-10(2)21-9)15(18)12-5-11(19-3)6-13(20-4)14(12)16/h5-6,9-10H,7-8,16H2,1-4H3/t9-,10+. The minimum absolute atomic E-state index is 0.00595. The molecule has 1 saturated heterocycles. The maximum absolute atomic E-state index is 12.7. The van der Waals surface area contributed by atoms with Crippen molar-refractivity contribution in [3.05, 3.63) is 17.7 Å². The summed E-state index contributed by atoms with van der Waals surface area (Å²) in [4.78, 5) is 14.5. The first kappa shape index (κ1) is 15.4. The number of anilines is 1. The zero-order valence-electron chi connectivity index (χ0n) is 12.9. The van der Waals surface area contributed by atoms with Gasteiger partial charge >= 0.3 is 0 Å². The second-order valence-electron chi connectivity index (χ2n) is 5.26. The molecule has 2 atom stereocenters. The Morgan fingerprint density at radius 1 is 1.24 bits per heavy atom. The molecule has 0 aromatic heterocycles. The lowest BCUT2D eigenvalue weighted by Gasteiger charge is -2.35. The van der Waals surface area contributed by atoms with E-state index in [0.29, 0.717) is 35.8 Å². The largest absolute Gasteiger partial charge is 0.497 e. The highest BCUT2D eigenvalue weighted by Crippen LogP contribution is 2.32. The number of nitrogens with two attached hydrogens (primary N) is 1. The average molecular weight is 294 g/mol. The molecule has 1 aliphatic heterocycles. The van der Waals surface area contributed by atoms with Crippen molar-refractivity contribution in [2.45, 2.75) is 26.1 Å². The number of hydrogen-bond donors (Lipinski definition) is 1. The first-order chi connectivity index (χ1) is 9.96. The molecular weight excluding hydrogens is 272 g/mol. The number of ether oxygens (including phenoxy) is 3. The molecule has 0 radical (unpaired) electrons. The molecule has 1 aromatic rings. The van der Waals surface area contributed by atoms with Crippen molar-refractivity contribution in [3.63, 3.8) is 0 Å². The Labute approximate surface area is 124 Å². The number of rotatable bonds is 3. The van der Waals surface area contributed by atoms with E-state index in [-0.39, 0.29) is 18.1 Å². The van der Waals surface area contributed by atoms with E-state index in [1.807, 2.05) is 13.8 Å². The van der Waals surface area contributed by atoms with E-state index >= 15 is 0 Å². The molecule has 1 amide bonds. The van der Waals surface area contributed by atoms with E-state index in [0.717, 1.165) is 0 Å². The van der Waals surface area contributed by atoms with Crippen LogP contribution >= 0.6 is 0 Å². The van der Waals surface area contributed by atoms with Gasteiger partial charge in [-0.05, 0) is 19.9 Å². The van der Waals surface area contributed by atoms with Crippen LogP contribution in [0.5, 0.6) is 11.5 Å². The molecule has 0 aliphatic carbocycles. The molecule has 21 heavy (non-hydrogen) atoms.